The van der Waals surface area contributed by atoms with E-state index >= 15 is 0 Å². The van der Waals surface area contributed by atoms with Crippen molar-refractivity contribution < 1.29 is 4.79 Å². The zero-order chi connectivity index (χ0) is 21.7. The highest BCUT2D eigenvalue weighted by molar-refractivity contribution is 6.32. The topological polar surface area (TPSA) is 79.7 Å². The largest absolute Gasteiger partial charge is 0.340 e. The van der Waals surface area contributed by atoms with Gasteiger partial charge in [0.2, 0.25) is 0 Å². The van der Waals surface area contributed by atoms with Crippen LogP contribution < -0.4 is 0 Å². The van der Waals surface area contributed by atoms with Crippen LogP contribution in [0.1, 0.15) is 34.2 Å². The number of amides is 1. The van der Waals surface area contributed by atoms with Crippen molar-refractivity contribution in [1.29, 1.82) is 0 Å². The van der Waals surface area contributed by atoms with E-state index in [4.69, 9.17) is 28.2 Å². The number of hydrogen-bond donors (Lipinski definition) is 1. The molecule has 0 saturated carbocycles. The number of nitrogens with one attached hydrogen (secondary N) is 1. The van der Waals surface area contributed by atoms with E-state index in [2.05, 4.69) is 21.8 Å². The van der Waals surface area contributed by atoms with Gasteiger partial charge in [0.25, 0.3) is 5.91 Å². The standard InChI is InChI=1S/C22H18Cl2N6O/c1-12-9-19(21-27-17-5-4-16(24)13(2)20(17)28-21)29(11-12)22(31)15-10-14(23)3-6-18(15)30-25-7-8-26-30/h3-8,10,19H,1,9,11H2,2H3,(H,27,28)/t19-/m0/s1. The van der Waals surface area contributed by atoms with E-state index in [1.807, 2.05) is 19.1 Å². The summed E-state index contributed by atoms with van der Waals surface area (Å²) in [6.07, 6.45) is 3.74. The molecular weight excluding hydrogens is 435 g/mol. The Morgan fingerprint density at radius 3 is 2.74 bits per heavy atom. The first kappa shape index (κ1) is 19.8. The van der Waals surface area contributed by atoms with Crippen molar-refractivity contribution in [2.75, 3.05) is 6.54 Å². The molecule has 7 nitrogen and oxygen atoms in total. The smallest absolute Gasteiger partial charge is 0.257 e. The second-order valence-electron chi connectivity index (χ2n) is 7.57. The molecule has 0 radical (unpaired) electrons. The van der Waals surface area contributed by atoms with Gasteiger partial charge in [0.1, 0.15) is 5.82 Å². The lowest BCUT2D eigenvalue weighted by atomic mass is 10.1. The predicted molar refractivity (Wildman–Crippen MR) is 120 cm³/mol. The van der Waals surface area contributed by atoms with Gasteiger partial charge in [0.15, 0.2) is 0 Å². The molecule has 0 spiro atoms. The number of aryl methyl sites for hydroxylation is 1. The van der Waals surface area contributed by atoms with Crippen molar-refractivity contribution in [2.24, 2.45) is 0 Å². The van der Waals surface area contributed by atoms with Gasteiger partial charge >= 0.3 is 0 Å². The van der Waals surface area contributed by atoms with Gasteiger partial charge in [-0.1, -0.05) is 35.4 Å². The normalized spacial score (nSPS) is 16.4. The minimum absolute atomic E-state index is 0.186. The molecule has 1 fully saturated rings. The molecule has 1 amide bonds. The van der Waals surface area contributed by atoms with Gasteiger partial charge in [-0.25, -0.2) is 4.98 Å². The number of aromatic nitrogens is 5. The van der Waals surface area contributed by atoms with Gasteiger partial charge in [-0.05, 0) is 49.2 Å². The monoisotopic (exact) mass is 452 g/mol. The summed E-state index contributed by atoms with van der Waals surface area (Å²) in [5.74, 6) is 0.516. The van der Waals surface area contributed by atoms with Crippen LogP contribution in [0, 0.1) is 6.92 Å². The Balaban J connectivity index is 1.57. The predicted octanol–water partition coefficient (Wildman–Crippen LogP) is 4.90. The number of carbonyl (C=O) groups excluding carboxylic acids is 1. The number of H-pyrrole nitrogens is 1. The van der Waals surface area contributed by atoms with E-state index in [0.717, 1.165) is 22.2 Å². The molecule has 2 aromatic heterocycles. The maximum atomic E-state index is 13.7. The van der Waals surface area contributed by atoms with Crippen molar-refractivity contribution in [3.63, 3.8) is 0 Å². The minimum atomic E-state index is -0.275. The Morgan fingerprint density at radius 2 is 1.97 bits per heavy atom. The average Bonchev–Trinajstić information content (AvgIpc) is 3.49. The summed E-state index contributed by atoms with van der Waals surface area (Å²) < 4.78 is 0. The molecule has 2 aromatic carbocycles. The fourth-order valence-electron chi connectivity index (χ4n) is 3.97. The molecular formula is C22H18Cl2N6O. The maximum Gasteiger partial charge on any atom is 0.257 e. The number of likely N-dealkylation sites (tertiary alicyclic amines) is 1. The maximum absolute atomic E-state index is 13.7. The van der Waals surface area contributed by atoms with Crippen molar-refractivity contribution in [1.82, 2.24) is 29.9 Å². The van der Waals surface area contributed by atoms with Crippen molar-refractivity contribution >= 4 is 40.1 Å². The number of halogens is 2. The number of imidazole rings is 1. The molecule has 4 aromatic rings. The first-order valence-electron chi connectivity index (χ1n) is 9.71. The summed E-state index contributed by atoms with van der Waals surface area (Å²) in [6, 6.07) is 8.52. The van der Waals surface area contributed by atoms with Crippen LogP contribution in [0.15, 0.2) is 54.9 Å². The summed E-state index contributed by atoms with van der Waals surface area (Å²) in [7, 11) is 0. The van der Waals surface area contributed by atoms with Crippen LogP contribution in [0.4, 0.5) is 0 Å². The quantitative estimate of drug-likeness (QED) is 0.448. The highest BCUT2D eigenvalue weighted by Gasteiger charge is 2.36. The summed E-state index contributed by atoms with van der Waals surface area (Å²) >= 11 is 12.5. The van der Waals surface area contributed by atoms with Gasteiger partial charge in [0.05, 0.1) is 40.7 Å². The summed E-state index contributed by atoms with van der Waals surface area (Å²) in [6.45, 7) is 6.49. The van der Waals surface area contributed by atoms with E-state index in [0.29, 0.717) is 40.1 Å². The first-order chi connectivity index (χ1) is 14.9. The Labute approximate surface area is 188 Å². The number of fused-ring (bicyclic) bond motifs is 1. The minimum Gasteiger partial charge on any atom is -0.340 e. The lowest BCUT2D eigenvalue weighted by molar-refractivity contribution is 0.0732. The molecule has 1 atom stereocenters. The number of aromatic amines is 1. The third-order valence-corrected chi connectivity index (χ3v) is 6.17. The number of rotatable bonds is 3. The Morgan fingerprint density at radius 1 is 1.19 bits per heavy atom. The Hall–Kier alpha value is -3.16. The third-order valence-electron chi connectivity index (χ3n) is 5.52. The average molecular weight is 453 g/mol. The Kier molecular flexibility index (Phi) is 4.79. The van der Waals surface area contributed by atoms with Gasteiger partial charge in [0, 0.05) is 16.6 Å². The zero-order valence-corrected chi connectivity index (χ0v) is 18.2. The highest BCUT2D eigenvalue weighted by atomic mass is 35.5. The summed E-state index contributed by atoms with van der Waals surface area (Å²) in [4.78, 5) is 25.0. The molecule has 5 rings (SSSR count). The van der Waals surface area contributed by atoms with Gasteiger partial charge < -0.3 is 9.88 Å². The van der Waals surface area contributed by atoms with Crippen molar-refractivity contribution in [3.8, 4) is 5.69 Å². The zero-order valence-electron chi connectivity index (χ0n) is 16.6. The molecule has 0 aliphatic carbocycles. The van der Waals surface area contributed by atoms with Crippen LogP contribution in [-0.4, -0.2) is 42.3 Å². The van der Waals surface area contributed by atoms with E-state index < -0.39 is 0 Å². The molecule has 1 saturated heterocycles. The lowest BCUT2D eigenvalue weighted by Crippen LogP contribution is -2.32. The molecule has 156 valence electrons. The number of hydrogen-bond acceptors (Lipinski definition) is 4. The molecule has 0 bridgehead atoms. The molecule has 31 heavy (non-hydrogen) atoms. The van der Waals surface area contributed by atoms with E-state index in [1.165, 1.54) is 4.80 Å². The second kappa shape index (κ2) is 7.51. The number of nitrogens with zero attached hydrogens (tertiary/aromatic N) is 5. The summed E-state index contributed by atoms with van der Waals surface area (Å²) in [5.41, 5.74) is 4.54. The summed E-state index contributed by atoms with van der Waals surface area (Å²) in [5, 5.41) is 9.47. The fraction of sp³-hybridized carbons (Fsp3) is 0.182. The van der Waals surface area contributed by atoms with Gasteiger partial charge in [-0.15, -0.1) is 0 Å². The van der Waals surface area contributed by atoms with Crippen LogP contribution >= 0.6 is 23.2 Å². The van der Waals surface area contributed by atoms with Crippen LogP contribution in [0.5, 0.6) is 0 Å². The number of benzene rings is 2. The SMILES string of the molecule is C=C1C[C@@H](c2nc3ccc(Cl)c(C)c3[nH]2)N(C(=O)c2cc(Cl)ccc2-n2nccn2)C1. The third kappa shape index (κ3) is 3.40. The van der Waals surface area contributed by atoms with E-state index in [1.54, 1.807) is 35.5 Å². The fourth-order valence-corrected chi connectivity index (χ4v) is 4.30. The highest BCUT2D eigenvalue weighted by Crippen LogP contribution is 2.37. The number of carbonyl (C=O) groups is 1. The van der Waals surface area contributed by atoms with Gasteiger partial charge in [-0.3, -0.25) is 4.79 Å². The van der Waals surface area contributed by atoms with Crippen molar-refractivity contribution in [2.45, 2.75) is 19.4 Å². The van der Waals surface area contributed by atoms with Crippen molar-refractivity contribution in [3.05, 3.63) is 81.9 Å². The molecule has 0 unspecified atom stereocenters. The van der Waals surface area contributed by atoms with E-state index in [9.17, 15) is 4.79 Å². The molecule has 3 heterocycles. The molecule has 1 aliphatic heterocycles. The van der Waals surface area contributed by atoms with E-state index in [-0.39, 0.29) is 11.9 Å². The van der Waals surface area contributed by atoms with Crippen LogP contribution in [-0.2, 0) is 0 Å². The molecule has 9 heteroatoms. The Bertz CT molecular complexity index is 1330. The van der Waals surface area contributed by atoms with Gasteiger partial charge in [-0.2, -0.15) is 15.0 Å². The lowest BCUT2D eigenvalue weighted by Gasteiger charge is -2.24. The second-order valence-corrected chi connectivity index (χ2v) is 8.42. The molecule has 1 N–H and O–H groups in total. The molecule has 1 aliphatic rings. The van der Waals surface area contributed by atoms with Crippen LogP contribution in [0.2, 0.25) is 10.0 Å². The first-order valence-corrected chi connectivity index (χ1v) is 10.5. The van der Waals surface area contributed by atoms with Crippen LogP contribution in [0.3, 0.4) is 0 Å². The van der Waals surface area contributed by atoms with Crippen LogP contribution in [0.25, 0.3) is 16.7 Å².